The van der Waals surface area contributed by atoms with Gasteiger partial charge in [-0.15, -0.1) is 23.7 Å². The fourth-order valence-electron chi connectivity index (χ4n) is 1.32. The van der Waals surface area contributed by atoms with Gasteiger partial charge in [-0.2, -0.15) is 0 Å². The van der Waals surface area contributed by atoms with Crippen LogP contribution in [0.15, 0.2) is 22.4 Å². The number of amides is 2. The molecule has 2 amide bonds. The molecule has 4 nitrogen and oxygen atoms in total. The zero-order valence-electron chi connectivity index (χ0n) is 8.79. The monoisotopic (exact) mass is 290 g/mol. The van der Waals surface area contributed by atoms with Gasteiger partial charge in [0.1, 0.15) is 0 Å². The summed E-state index contributed by atoms with van der Waals surface area (Å²) in [7, 11) is 0. The van der Waals surface area contributed by atoms with Crippen molar-refractivity contribution < 1.29 is 9.59 Å². The first-order valence-corrected chi connectivity index (χ1v) is 6.41. The first kappa shape index (κ1) is 14.2. The third-order valence-electron chi connectivity index (χ3n) is 2.04. The van der Waals surface area contributed by atoms with Crippen molar-refractivity contribution in [2.24, 2.45) is 5.73 Å². The highest BCUT2D eigenvalue weighted by Crippen LogP contribution is 2.32. The van der Waals surface area contributed by atoms with Crippen LogP contribution in [-0.2, 0) is 4.79 Å². The van der Waals surface area contributed by atoms with E-state index in [9.17, 15) is 9.59 Å². The lowest BCUT2D eigenvalue weighted by Gasteiger charge is -2.09. The second-order valence-corrected chi connectivity index (χ2v) is 5.11. The summed E-state index contributed by atoms with van der Waals surface area (Å²) in [6.45, 7) is 0.580. The number of carbonyl (C=O) groups excluding carboxylic acids is 2. The fraction of sp³-hybridized carbons (Fsp3) is 0.200. The molecule has 1 aromatic heterocycles. The molecule has 0 radical (unpaired) electrons. The number of hydrogen-bond donors (Lipinski definition) is 1. The Morgan fingerprint density at radius 1 is 1.41 bits per heavy atom. The summed E-state index contributed by atoms with van der Waals surface area (Å²) in [6.07, 6.45) is 1.74. The lowest BCUT2D eigenvalue weighted by Crippen LogP contribution is -2.33. The summed E-state index contributed by atoms with van der Waals surface area (Å²) in [4.78, 5) is 25.9. The molecule has 2 heterocycles. The molecule has 0 atom stereocenters. The summed E-state index contributed by atoms with van der Waals surface area (Å²) >= 11 is 2.50. The fourth-order valence-corrected chi connectivity index (χ4v) is 2.91. The topological polar surface area (TPSA) is 63.4 Å². The number of hydrogen-bond acceptors (Lipinski definition) is 5. The van der Waals surface area contributed by atoms with Gasteiger partial charge in [-0.3, -0.25) is 14.5 Å². The highest BCUT2D eigenvalue weighted by molar-refractivity contribution is 8.18. The standard InChI is InChI=1S/C10H10N2O2S2.ClH/c11-3-4-12-9(13)8(16-10(12)14)6-7-2-1-5-15-7;/h1-2,5-6H,3-4,11H2;1H/b8-6+;. The van der Waals surface area contributed by atoms with Crippen LogP contribution in [0.25, 0.3) is 6.08 Å². The van der Waals surface area contributed by atoms with Crippen LogP contribution in [0.4, 0.5) is 4.79 Å². The average Bonchev–Trinajstić information content (AvgIpc) is 2.84. The second kappa shape index (κ2) is 6.20. The molecule has 0 aliphatic carbocycles. The highest BCUT2D eigenvalue weighted by atomic mass is 35.5. The molecule has 17 heavy (non-hydrogen) atoms. The van der Waals surface area contributed by atoms with Crippen LogP contribution in [0, 0.1) is 0 Å². The molecule has 1 fully saturated rings. The van der Waals surface area contributed by atoms with Gasteiger partial charge < -0.3 is 5.73 Å². The van der Waals surface area contributed by atoms with E-state index in [0.29, 0.717) is 11.4 Å². The molecule has 7 heteroatoms. The number of thioether (sulfide) groups is 1. The molecule has 2 rings (SSSR count). The van der Waals surface area contributed by atoms with E-state index in [0.717, 1.165) is 16.6 Å². The van der Waals surface area contributed by atoms with Gasteiger partial charge in [-0.1, -0.05) is 6.07 Å². The molecule has 0 bridgehead atoms. The van der Waals surface area contributed by atoms with E-state index in [1.165, 1.54) is 16.2 Å². The van der Waals surface area contributed by atoms with Crippen molar-refractivity contribution in [1.29, 1.82) is 0 Å². The smallest absolute Gasteiger partial charge is 0.293 e. The van der Waals surface area contributed by atoms with Crippen molar-refractivity contribution in [2.45, 2.75) is 0 Å². The van der Waals surface area contributed by atoms with Crippen LogP contribution in [-0.4, -0.2) is 29.1 Å². The average molecular weight is 291 g/mol. The SMILES string of the molecule is Cl.NCCN1C(=O)S/C(=C/c2cccs2)C1=O. The van der Waals surface area contributed by atoms with Crippen molar-refractivity contribution in [3.8, 4) is 0 Å². The quantitative estimate of drug-likeness (QED) is 0.867. The molecule has 1 aliphatic heterocycles. The summed E-state index contributed by atoms with van der Waals surface area (Å²) < 4.78 is 0. The summed E-state index contributed by atoms with van der Waals surface area (Å²) in [5, 5.41) is 1.69. The predicted octanol–water partition coefficient (Wildman–Crippen LogP) is 2.16. The van der Waals surface area contributed by atoms with Crippen LogP contribution in [0.1, 0.15) is 4.88 Å². The predicted molar refractivity (Wildman–Crippen MR) is 73.3 cm³/mol. The Morgan fingerprint density at radius 2 is 2.18 bits per heavy atom. The number of nitrogens with zero attached hydrogens (tertiary/aromatic N) is 1. The minimum absolute atomic E-state index is 0. The Labute approximate surface area is 113 Å². The Bertz CT molecular complexity index is 445. The van der Waals surface area contributed by atoms with Crippen molar-refractivity contribution >= 4 is 52.7 Å². The van der Waals surface area contributed by atoms with E-state index in [1.54, 1.807) is 6.08 Å². The van der Waals surface area contributed by atoms with E-state index in [4.69, 9.17) is 5.73 Å². The molecule has 2 N–H and O–H groups in total. The maximum Gasteiger partial charge on any atom is 0.293 e. The summed E-state index contributed by atoms with van der Waals surface area (Å²) in [5.74, 6) is -0.242. The Morgan fingerprint density at radius 3 is 2.76 bits per heavy atom. The summed E-state index contributed by atoms with van der Waals surface area (Å²) in [5.41, 5.74) is 5.34. The van der Waals surface area contributed by atoms with Crippen molar-refractivity contribution in [1.82, 2.24) is 4.90 Å². The third-order valence-corrected chi connectivity index (χ3v) is 3.77. The first-order valence-electron chi connectivity index (χ1n) is 4.71. The number of thiophene rings is 1. The van der Waals surface area contributed by atoms with Gasteiger partial charge in [0, 0.05) is 18.0 Å². The second-order valence-electron chi connectivity index (χ2n) is 3.14. The molecular formula is C10H11ClN2O2S2. The molecule has 92 valence electrons. The zero-order valence-corrected chi connectivity index (χ0v) is 11.2. The lowest BCUT2D eigenvalue weighted by molar-refractivity contribution is -0.122. The van der Waals surface area contributed by atoms with Crippen molar-refractivity contribution in [3.05, 3.63) is 27.3 Å². The van der Waals surface area contributed by atoms with E-state index in [2.05, 4.69) is 0 Å². The molecule has 0 aromatic carbocycles. The largest absolute Gasteiger partial charge is 0.329 e. The molecule has 1 aliphatic rings. The molecule has 1 aromatic rings. The third kappa shape index (κ3) is 3.10. The normalized spacial score (nSPS) is 17.7. The van der Waals surface area contributed by atoms with Gasteiger partial charge >= 0.3 is 0 Å². The van der Waals surface area contributed by atoms with Gasteiger partial charge in [-0.05, 0) is 29.3 Å². The molecule has 0 saturated carbocycles. The van der Waals surface area contributed by atoms with Crippen LogP contribution in [0.3, 0.4) is 0 Å². The number of imide groups is 1. The van der Waals surface area contributed by atoms with Gasteiger partial charge in [0.15, 0.2) is 0 Å². The Kier molecular flexibility index (Phi) is 5.20. The lowest BCUT2D eigenvalue weighted by atomic mass is 10.3. The molecule has 0 spiro atoms. The summed E-state index contributed by atoms with van der Waals surface area (Å²) in [6, 6.07) is 3.81. The number of nitrogens with two attached hydrogens (primary N) is 1. The van der Waals surface area contributed by atoms with Gasteiger partial charge in [0.2, 0.25) is 0 Å². The molecular weight excluding hydrogens is 280 g/mol. The number of carbonyl (C=O) groups is 2. The maximum atomic E-state index is 11.8. The Balaban J connectivity index is 0.00000144. The van der Waals surface area contributed by atoms with Crippen LogP contribution >= 0.6 is 35.5 Å². The van der Waals surface area contributed by atoms with Crippen LogP contribution in [0.2, 0.25) is 0 Å². The number of rotatable bonds is 3. The van der Waals surface area contributed by atoms with E-state index < -0.39 is 0 Å². The van der Waals surface area contributed by atoms with Crippen LogP contribution < -0.4 is 5.73 Å². The minimum Gasteiger partial charge on any atom is -0.329 e. The van der Waals surface area contributed by atoms with E-state index >= 15 is 0 Å². The zero-order chi connectivity index (χ0) is 11.5. The minimum atomic E-state index is -0.242. The van der Waals surface area contributed by atoms with Gasteiger partial charge in [-0.25, -0.2) is 0 Å². The number of halogens is 1. The van der Waals surface area contributed by atoms with Gasteiger partial charge in [0.25, 0.3) is 11.1 Å². The van der Waals surface area contributed by atoms with Gasteiger partial charge in [0.05, 0.1) is 4.91 Å². The van der Waals surface area contributed by atoms with Crippen LogP contribution in [0.5, 0.6) is 0 Å². The van der Waals surface area contributed by atoms with Crippen molar-refractivity contribution in [2.75, 3.05) is 13.1 Å². The highest BCUT2D eigenvalue weighted by Gasteiger charge is 2.34. The molecule has 1 saturated heterocycles. The Hall–Kier alpha value is -0.820. The molecule has 0 unspecified atom stereocenters. The van der Waals surface area contributed by atoms with E-state index in [-0.39, 0.29) is 30.1 Å². The maximum absolute atomic E-state index is 11.8. The van der Waals surface area contributed by atoms with E-state index in [1.807, 2.05) is 17.5 Å². The first-order chi connectivity index (χ1) is 7.72. The van der Waals surface area contributed by atoms with Crippen molar-refractivity contribution in [3.63, 3.8) is 0 Å².